The van der Waals surface area contributed by atoms with E-state index in [1.165, 1.54) is 0 Å². The van der Waals surface area contributed by atoms with Crippen molar-refractivity contribution in [3.63, 3.8) is 0 Å². The van der Waals surface area contributed by atoms with Crippen molar-refractivity contribution in [1.82, 2.24) is 30.9 Å². The minimum atomic E-state index is -1.17. The zero-order valence-electron chi connectivity index (χ0n) is 22.2. The fourth-order valence-electron chi connectivity index (χ4n) is 5.22. The first-order valence-electron chi connectivity index (χ1n) is 13.3. The lowest BCUT2D eigenvalue weighted by atomic mass is 9.86. The Bertz CT molecular complexity index is 1200. The molecule has 2 aliphatic rings. The maximum absolute atomic E-state index is 12.5. The Labute approximate surface area is 221 Å². The monoisotopic (exact) mass is 527 g/mol. The topological polar surface area (TPSA) is 159 Å². The lowest BCUT2D eigenvalue weighted by Gasteiger charge is -2.28. The second kappa shape index (κ2) is 11.8. The van der Waals surface area contributed by atoms with Gasteiger partial charge >= 0.3 is 5.97 Å². The summed E-state index contributed by atoms with van der Waals surface area (Å²) in [7, 11) is 0. The highest BCUT2D eigenvalue weighted by Crippen LogP contribution is 2.38. The number of carbonyl (C=O) groups excluding carboxylic acids is 2. The molecule has 1 aliphatic carbocycles. The molecule has 2 aromatic heterocycles. The van der Waals surface area contributed by atoms with E-state index in [0.717, 1.165) is 35.1 Å². The van der Waals surface area contributed by atoms with Crippen LogP contribution < -0.4 is 21.4 Å². The van der Waals surface area contributed by atoms with Gasteiger partial charge in [0, 0.05) is 37.4 Å². The largest absolute Gasteiger partial charge is 0.481 e. The van der Waals surface area contributed by atoms with Gasteiger partial charge < -0.3 is 21.1 Å². The van der Waals surface area contributed by atoms with Gasteiger partial charge in [0.25, 0.3) is 0 Å². The Kier molecular flexibility index (Phi) is 8.50. The van der Waals surface area contributed by atoms with E-state index >= 15 is 0 Å². The molecule has 1 saturated carbocycles. The number of pyridine rings is 1. The van der Waals surface area contributed by atoms with Crippen LogP contribution in [0.3, 0.4) is 0 Å². The molecule has 2 amide bonds. The average molecular weight is 528 g/mol. The molecule has 0 spiro atoms. The minimum absolute atomic E-state index is 0.0279. The number of carboxylic acid groups (broad SMARTS) is 1. The number of carbonyl (C=O) groups is 3. The highest BCUT2D eigenvalue weighted by Gasteiger charge is 2.40. The Balaban J connectivity index is 1.70. The quantitative estimate of drug-likeness (QED) is 0.295. The summed E-state index contributed by atoms with van der Waals surface area (Å²) in [6.07, 6.45) is 7.91. The highest BCUT2D eigenvalue weighted by molar-refractivity contribution is 5.96. The van der Waals surface area contributed by atoms with Crippen LogP contribution in [0.2, 0.25) is 0 Å². The number of carboxylic acids is 1. The van der Waals surface area contributed by atoms with Crippen LogP contribution in [0.15, 0.2) is 18.5 Å². The molecule has 0 aromatic carbocycles. The van der Waals surface area contributed by atoms with Crippen LogP contribution in [0, 0.1) is 5.92 Å². The van der Waals surface area contributed by atoms with Crippen LogP contribution in [0.4, 0.5) is 5.69 Å². The molecule has 3 heterocycles. The van der Waals surface area contributed by atoms with Crippen LogP contribution in [0.25, 0.3) is 16.7 Å². The van der Waals surface area contributed by atoms with E-state index < -0.39 is 11.6 Å². The molecule has 1 aliphatic heterocycles. The van der Waals surface area contributed by atoms with E-state index in [2.05, 4.69) is 31.5 Å². The van der Waals surface area contributed by atoms with Gasteiger partial charge in [0.15, 0.2) is 5.65 Å². The van der Waals surface area contributed by atoms with Gasteiger partial charge in [-0.2, -0.15) is 5.10 Å². The van der Waals surface area contributed by atoms with Crippen molar-refractivity contribution in [2.24, 2.45) is 5.92 Å². The van der Waals surface area contributed by atoms with Crippen molar-refractivity contribution in [2.45, 2.75) is 77.5 Å². The first-order valence-corrected chi connectivity index (χ1v) is 13.3. The van der Waals surface area contributed by atoms with E-state index in [9.17, 15) is 19.5 Å². The van der Waals surface area contributed by atoms with Crippen LogP contribution in [0.5, 0.6) is 0 Å². The number of aryl methyl sites for hydroxylation is 1. The predicted octanol–water partition coefficient (Wildman–Crippen LogP) is 2.17. The number of fused-ring (bicyclic) bond motifs is 1. The number of anilines is 1. The molecular formula is C26H37N7O5. The maximum atomic E-state index is 12.5. The van der Waals surface area contributed by atoms with Gasteiger partial charge in [-0.05, 0) is 52.5 Å². The SMILES string of the molecule is CCNC(=O)CC1(CC(=O)NCC)C=C(c2cnc3c(cnn3CC)c2NC2CCC(C(=O)O)CC2)NO1. The average Bonchev–Trinajstić information content (AvgIpc) is 3.49. The van der Waals surface area contributed by atoms with Crippen molar-refractivity contribution in [2.75, 3.05) is 18.4 Å². The fourth-order valence-corrected chi connectivity index (χ4v) is 5.22. The third kappa shape index (κ3) is 5.90. The number of nitrogens with one attached hydrogen (secondary N) is 4. The number of hydrogen-bond acceptors (Lipinski definition) is 8. The molecule has 2 aromatic rings. The Morgan fingerprint density at radius 3 is 2.32 bits per heavy atom. The van der Waals surface area contributed by atoms with E-state index in [0.29, 0.717) is 38.2 Å². The molecular weight excluding hydrogens is 490 g/mol. The summed E-state index contributed by atoms with van der Waals surface area (Å²) < 4.78 is 1.81. The summed E-state index contributed by atoms with van der Waals surface area (Å²) >= 11 is 0. The van der Waals surface area contributed by atoms with Gasteiger partial charge in [0.05, 0.1) is 41.7 Å². The Hall–Kier alpha value is -3.67. The van der Waals surface area contributed by atoms with Crippen molar-refractivity contribution in [3.8, 4) is 0 Å². The molecule has 4 rings (SSSR count). The highest BCUT2D eigenvalue weighted by atomic mass is 16.7. The standard InChI is InChI=1S/C26H37N7O5/c1-4-27-21(34)12-26(13-22(35)28-5-2)11-20(32-38-26)18-14-29-24-19(15-30-33(24)6-3)23(18)31-17-9-7-16(8-10-17)25(36)37/h11,14-17,32H,4-10,12-13H2,1-3H3,(H,27,34)(H,28,35)(H,29,31)(H,36,37). The minimum Gasteiger partial charge on any atom is -0.481 e. The number of hydrogen-bond donors (Lipinski definition) is 5. The normalized spacial score (nSPS) is 20.4. The number of aromatic nitrogens is 3. The lowest BCUT2D eigenvalue weighted by molar-refractivity contribution is -0.143. The summed E-state index contributed by atoms with van der Waals surface area (Å²) in [6.45, 7) is 7.27. The van der Waals surface area contributed by atoms with Gasteiger partial charge in [-0.3, -0.25) is 24.7 Å². The van der Waals surface area contributed by atoms with Crippen LogP contribution in [-0.2, 0) is 25.8 Å². The summed E-state index contributed by atoms with van der Waals surface area (Å²) in [5.41, 5.74) is 4.65. The number of nitrogens with zero attached hydrogens (tertiary/aromatic N) is 3. The van der Waals surface area contributed by atoms with Gasteiger partial charge in [0.2, 0.25) is 11.8 Å². The molecule has 1 fully saturated rings. The lowest BCUT2D eigenvalue weighted by Crippen LogP contribution is -2.41. The van der Waals surface area contributed by atoms with Crippen LogP contribution in [-0.4, -0.2) is 62.4 Å². The van der Waals surface area contributed by atoms with Crippen molar-refractivity contribution >= 4 is 40.2 Å². The first kappa shape index (κ1) is 27.4. The zero-order chi connectivity index (χ0) is 27.3. The number of rotatable bonds is 11. The second-order valence-electron chi connectivity index (χ2n) is 9.86. The van der Waals surface area contributed by atoms with Gasteiger partial charge in [-0.25, -0.2) is 9.67 Å². The molecule has 206 valence electrons. The zero-order valence-corrected chi connectivity index (χ0v) is 22.2. The predicted molar refractivity (Wildman–Crippen MR) is 142 cm³/mol. The van der Waals surface area contributed by atoms with Crippen LogP contribution >= 0.6 is 0 Å². The third-order valence-corrected chi connectivity index (χ3v) is 7.12. The Morgan fingerprint density at radius 2 is 1.74 bits per heavy atom. The molecule has 12 nitrogen and oxygen atoms in total. The fraction of sp³-hybridized carbons (Fsp3) is 0.577. The Morgan fingerprint density at radius 1 is 1.08 bits per heavy atom. The first-order chi connectivity index (χ1) is 18.3. The molecule has 38 heavy (non-hydrogen) atoms. The van der Waals surface area contributed by atoms with Gasteiger partial charge in [0.1, 0.15) is 5.60 Å². The second-order valence-corrected chi connectivity index (χ2v) is 9.86. The van der Waals surface area contributed by atoms with Gasteiger partial charge in [-0.15, -0.1) is 0 Å². The summed E-state index contributed by atoms with van der Waals surface area (Å²) in [5.74, 6) is -1.50. The van der Waals surface area contributed by atoms with Crippen LogP contribution in [0.1, 0.15) is 64.9 Å². The van der Waals surface area contributed by atoms with E-state index in [4.69, 9.17) is 4.84 Å². The van der Waals surface area contributed by atoms with Crippen molar-refractivity contribution in [3.05, 3.63) is 24.0 Å². The number of hydroxylamine groups is 1. The van der Waals surface area contributed by atoms with E-state index in [1.54, 1.807) is 18.5 Å². The van der Waals surface area contributed by atoms with Crippen molar-refractivity contribution in [1.29, 1.82) is 0 Å². The summed E-state index contributed by atoms with van der Waals surface area (Å²) in [6, 6.07) is 0.0817. The van der Waals surface area contributed by atoms with Gasteiger partial charge in [-0.1, -0.05) is 0 Å². The summed E-state index contributed by atoms with van der Waals surface area (Å²) in [4.78, 5) is 47.1. The molecule has 0 bridgehead atoms. The molecule has 0 unspecified atom stereocenters. The maximum Gasteiger partial charge on any atom is 0.306 e. The van der Waals surface area contributed by atoms with E-state index in [-0.39, 0.29) is 36.6 Å². The molecule has 5 N–H and O–H groups in total. The number of amides is 2. The molecule has 0 radical (unpaired) electrons. The number of aliphatic carboxylic acids is 1. The smallest absolute Gasteiger partial charge is 0.306 e. The molecule has 12 heteroatoms. The van der Waals surface area contributed by atoms with E-state index in [1.807, 2.05) is 25.5 Å². The van der Waals surface area contributed by atoms with Crippen molar-refractivity contribution < 1.29 is 24.3 Å². The molecule has 0 saturated heterocycles. The molecule has 0 atom stereocenters. The summed E-state index contributed by atoms with van der Waals surface area (Å²) in [5, 5.41) is 23.9. The third-order valence-electron chi connectivity index (χ3n) is 7.12.